The van der Waals surface area contributed by atoms with Crippen LogP contribution >= 0.6 is 27.3 Å². The molecule has 0 saturated heterocycles. The predicted octanol–water partition coefficient (Wildman–Crippen LogP) is 1.09. The molecule has 1 aromatic heterocycles. The van der Waals surface area contributed by atoms with E-state index in [1.807, 2.05) is 11.4 Å². The van der Waals surface area contributed by atoms with Crippen LogP contribution in [0.1, 0.15) is 4.88 Å². The van der Waals surface area contributed by atoms with E-state index in [4.69, 9.17) is 5.73 Å². The summed E-state index contributed by atoms with van der Waals surface area (Å²) in [6.45, 7) is 0.908. The summed E-state index contributed by atoms with van der Waals surface area (Å²) < 4.78 is 1.07. The van der Waals surface area contributed by atoms with Crippen molar-refractivity contribution in [2.45, 2.75) is 6.54 Å². The first-order valence-electron chi connectivity index (χ1n) is 3.41. The van der Waals surface area contributed by atoms with Crippen molar-refractivity contribution < 1.29 is 4.79 Å². The van der Waals surface area contributed by atoms with Crippen molar-refractivity contribution in [3.63, 3.8) is 0 Å². The van der Waals surface area contributed by atoms with Crippen LogP contribution in [0, 0.1) is 0 Å². The van der Waals surface area contributed by atoms with Gasteiger partial charge in [-0.3, -0.25) is 4.79 Å². The molecule has 0 unspecified atom stereocenters. The Kier molecular flexibility index (Phi) is 3.71. The molecule has 1 rings (SSSR count). The Morgan fingerprint density at radius 1 is 1.75 bits per heavy atom. The molecule has 0 aromatic carbocycles. The second-order valence-electron chi connectivity index (χ2n) is 2.26. The lowest BCUT2D eigenvalue weighted by atomic mass is 10.4. The minimum absolute atomic E-state index is 0.227. The van der Waals surface area contributed by atoms with Gasteiger partial charge in [0.15, 0.2) is 0 Å². The second-order valence-corrected chi connectivity index (χ2v) is 4.12. The molecule has 1 heterocycles. The average molecular weight is 249 g/mol. The van der Waals surface area contributed by atoms with Gasteiger partial charge in [-0.25, -0.2) is 0 Å². The van der Waals surface area contributed by atoms with Crippen molar-refractivity contribution in [1.29, 1.82) is 0 Å². The van der Waals surface area contributed by atoms with Crippen LogP contribution in [0.5, 0.6) is 0 Å². The maximum absolute atomic E-state index is 10.4. The fraction of sp³-hybridized carbons (Fsp3) is 0.286. The fourth-order valence-corrected chi connectivity index (χ4v) is 2.21. The van der Waals surface area contributed by atoms with E-state index in [1.54, 1.807) is 11.3 Å². The number of carbonyl (C=O) groups is 1. The number of primary amides is 1. The normalized spacial score (nSPS) is 10.1. The van der Waals surface area contributed by atoms with Gasteiger partial charge in [-0.1, -0.05) is 0 Å². The van der Waals surface area contributed by atoms with Crippen LogP contribution in [0.3, 0.4) is 0 Å². The lowest BCUT2D eigenvalue weighted by Crippen LogP contribution is -2.27. The lowest BCUT2D eigenvalue weighted by Gasteiger charge is -1.99. The van der Waals surface area contributed by atoms with Crippen molar-refractivity contribution in [1.82, 2.24) is 5.32 Å². The highest BCUT2D eigenvalue weighted by Crippen LogP contribution is 2.21. The molecule has 3 N–H and O–H groups in total. The van der Waals surface area contributed by atoms with Crippen molar-refractivity contribution in [2.75, 3.05) is 6.54 Å². The number of nitrogens with one attached hydrogen (secondary N) is 1. The van der Waals surface area contributed by atoms with Gasteiger partial charge in [0.25, 0.3) is 0 Å². The van der Waals surface area contributed by atoms with E-state index < -0.39 is 0 Å². The summed E-state index contributed by atoms with van der Waals surface area (Å²) in [5.74, 6) is -0.331. The number of halogens is 1. The van der Waals surface area contributed by atoms with E-state index >= 15 is 0 Å². The molecule has 0 spiro atoms. The van der Waals surface area contributed by atoms with Crippen molar-refractivity contribution >= 4 is 33.2 Å². The molecule has 1 amide bonds. The summed E-state index contributed by atoms with van der Waals surface area (Å²) in [7, 11) is 0. The Labute approximate surface area is 83.1 Å². The lowest BCUT2D eigenvalue weighted by molar-refractivity contribution is -0.117. The summed E-state index contributed by atoms with van der Waals surface area (Å²) >= 11 is 5.03. The number of amides is 1. The summed E-state index contributed by atoms with van der Waals surface area (Å²) in [4.78, 5) is 11.5. The van der Waals surface area contributed by atoms with Crippen LogP contribution in [0.4, 0.5) is 0 Å². The smallest absolute Gasteiger partial charge is 0.231 e. The van der Waals surface area contributed by atoms with E-state index in [0.717, 1.165) is 4.47 Å². The molecule has 1 aromatic rings. The first kappa shape index (κ1) is 9.70. The molecule has 0 bridgehead atoms. The Bertz CT molecular complexity index is 274. The zero-order chi connectivity index (χ0) is 8.97. The number of nitrogens with two attached hydrogens (primary N) is 1. The molecular weight excluding hydrogens is 240 g/mol. The average Bonchev–Trinajstić information content (AvgIpc) is 2.36. The van der Waals surface area contributed by atoms with Crippen molar-refractivity contribution in [2.24, 2.45) is 5.73 Å². The number of hydrogen-bond donors (Lipinski definition) is 2. The van der Waals surface area contributed by atoms with Crippen LogP contribution in [0.15, 0.2) is 15.9 Å². The zero-order valence-electron chi connectivity index (χ0n) is 6.34. The number of hydrogen-bond acceptors (Lipinski definition) is 3. The van der Waals surface area contributed by atoms with Gasteiger partial charge in [-0.15, -0.1) is 11.3 Å². The molecule has 0 saturated carbocycles. The standard InChI is InChI=1S/C7H9BrN2OS/c8-5-1-2-12-6(5)3-10-4-7(9)11/h1-2,10H,3-4H2,(H2,9,11). The molecule has 3 nitrogen and oxygen atoms in total. The molecule has 0 fully saturated rings. The van der Waals surface area contributed by atoms with Crippen molar-refractivity contribution in [3.8, 4) is 0 Å². The molecule has 5 heteroatoms. The molecule has 0 atom stereocenters. The highest BCUT2D eigenvalue weighted by atomic mass is 79.9. The Morgan fingerprint density at radius 2 is 2.50 bits per heavy atom. The molecule has 0 radical (unpaired) electrons. The second kappa shape index (κ2) is 4.59. The van der Waals surface area contributed by atoms with E-state index in [0.29, 0.717) is 6.54 Å². The van der Waals surface area contributed by atoms with E-state index in [9.17, 15) is 4.79 Å². The third kappa shape index (κ3) is 2.92. The summed E-state index contributed by atoms with van der Waals surface area (Å²) in [6, 6.07) is 1.98. The highest BCUT2D eigenvalue weighted by molar-refractivity contribution is 9.10. The summed E-state index contributed by atoms with van der Waals surface area (Å²) in [6.07, 6.45) is 0. The van der Waals surface area contributed by atoms with Gasteiger partial charge in [0.1, 0.15) is 0 Å². The third-order valence-electron chi connectivity index (χ3n) is 1.28. The van der Waals surface area contributed by atoms with Crippen LogP contribution in [-0.2, 0) is 11.3 Å². The summed E-state index contributed by atoms with van der Waals surface area (Å²) in [5.41, 5.74) is 4.96. The SMILES string of the molecule is NC(=O)CNCc1sccc1Br. The Morgan fingerprint density at radius 3 is 3.00 bits per heavy atom. The minimum atomic E-state index is -0.331. The topological polar surface area (TPSA) is 55.1 Å². The van der Waals surface area contributed by atoms with Gasteiger partial charge < -0.3 is 11.1 Å². The Hall–Kier alpha value is -0.390. The molecule has 0 aliphatic heterocycles. The maximum Gasteiger partial charge on any atom is 0.231 e. The first-order valence-corrected chi connectivity index (χ1v) is 5.08. The van der Waals surface area contributed by atoms with Gasteiger partial charge in [0.2, 0.25) is 5.91 Å². The first-order chi connectivity index (χ1) is 5.70. The van der Waals surface area contributed by atoms with E-state index in [-0.39, 0.29) is 12.5 Å². The molecular formula is C7H9BrN2OS. The van der Waals surface area contributed by atoms with Crippen molar-refractivity contribution in [3.05, 3.63) is 20.8 Å². The minimum Gasteiger partial charge on any atom is -0.369 e. The van der Waals surface area contributed by atoms with Crippen LogP contribution in [-0.4, -0.2) is 12.5 Å². The van der Waals surface area contributed by atoms with Crippen LogP contribution < -0.4 is 11.1 Å². The van der Waals surface area contributed by atoms with Gasteiger partial charge in [0.05, 0.1) is 6.54 Å². The quantitative estimate of drug-likeness (QED) is 0.839. The molecule has 0 aliphatic rings. The fourth-order valence-electron chi connectivity index (χ4n) is 0.750. The van der Waals surface area contributed by atoms with Gasteiger partial charge in [-0.05, 0) is 27.4 Å². The maximum atomic E-state index is 10.4. The van der Waals surface area contributed by atoms with Crippen LogP contribution in [0.2, 0.25) is 0 Å². The molecule has 66 valence electrons. The largest absolute Gasteiger partial charge is 0.369 e. The van der Waals surface area contributed by atoms with E-state index in [1.165, 1.54) is 4.88 Å². The summed E-state index contributed by atoms with van der Waals surface area (Å²) in [5, 5.41) is 4.93. The third-order valence-corrected chi connectivity index (χ3v) is 3.20. The highest BCUT2D eigenvalue weighted by Gasteiger charge is 2.00. The van der Waals surface area contributed by atoms with Gasteiger partial charge in [0, 0.05) is 15.9 Å². The Balaban J connectivity index is 2.33. The van der Waals surface area contributed by atoms with Crippen LogP contribution in [0.25, 0.3) is 0 Å². The van der Waals surface area contributed by atoms with Gasteiger partial charge in [-0.2, -0.15) is 0 Å². The van der Waals surface area contributed by atoms with Gasteiger partial charge >= 0.3 is 0 Å². The zero-order valence-corrected chi connectivity index (χ0v) is 8.74. The molecule has 12 heavy (non-hydrogen) atoms. The predicted molar refractivity (Wildman–Crippen MR) is 52.9 cm³/mol. The van der Waals surface area contributed by atoms with E-state index in [2.05, 4.69) is 21.2 Å². The monoisotopic (exact) mass is 248 g/mol. The number of carbonyl (C=O) groups excluding carboxylic acids is 1. The number of rotatable bonds is 4. The molecule has 0 aliphatic carbocycles. The number of thiophene rings is 1.